The first-order chi connectivity index (χ1) is 9.56. The van der Waals surface area contributed by atoms with Crippen LogP contribution in [-0.4, -0.2) is 16.9 Å². The van der Waals surface area contributed by atoms with E-state index < -0.39 is 0 Å². The average Bonchev–Trinajstić information content (AvgIpc) is 2.70. The Kier molecular flexibility index (Phi) is 3.90. The van der Waals surface area contributed by atoms with Crippen LogP contribution >= 0.6 is 0 Å². The van der Waals surface area contributed by atoms with Crippen molar-refractivity contribution in [1.82, 2.24) is 9.78 Å². The van der Waals surface area contributed by atoms with Crippen LogP contribution in [0.4, 0.5) is 0 Å². The Morgan fingerprint density at radius 3 is 2.40 bits per heavy atom. The van der Waals surface area contributed by atoms with Gasteiger partial charge in [0.1, 0.15) is 5.75 Å². The number of benzene rings is 1. The lowest BCUT2D eigenvalue weighted by molar-refractivity contribution is 0.415. The Bertz CT molecular complexity index is 688. The van der Waals surface area contributed by atoms with Crippen molar-refractivity contribution in [2.75, 3.05) is 7.11 Å². The molecule has 0 aliphatic heterocycles. The summed E-state index contributed by atoms with van der Waals surface area (Å²) in [6, 6.07) is 9.72. The number of hydrogen-bond acceptors (Lipinski definition) is 3. The number of aromatic nitrogens is 2. The molecule has 102 valence electrons. The summed E-state index contributed by atoms with van der Waals surface area (Å²) in [5, 5.41) is 13.7. The molecule has 0 atom stereocenters. The molecule has 0 saturated carbocycles. The minimum absolute atomic E-state index is 0.617. The fourth-order valence-corrected chi connectivity index (χ4v) is 2.09. The Balaban J connectivity index is 2.46. The first-order valence-electron chi connectivity index (χ1n) is 6.33. The second kappa shape index (κ2) is 5.62. The van der Waals surface area contributed by atoms with Crippen molar-refractivity contribution in [3.05, 3.63) is 46.8 Å². The van der Waals surface area contributed by atoms with Crippen LogP contribution in [0.1, 0.15) is 22.5 Å². The van der Waals surface area contributed by atoms with Crippen molar-refractivity contribution in [3.63, 3.8) is 0 Å². The zero-order valence-corrected chi connectivity index (χ0v) is 12.1. The van der Waals surface area contributed by atoms with E-state index in [0.717, 1.165) is 28.3 Å². The molecule has 2 rings (SSSR count). The van der Waals surface area contributed by atoms with Gasteiger partial charge in [-0.1, -0.05) is 0 Å². The second-order valence-corrected chi connectivity index (χ2v) is 4.61. The predicted molar refractivity (Wildman–Crippen MR) is 79.2 cm³/mol. The van der Waals surface area contributed by atoms with E-state index in [1.54, 1.807) is 7.11 Å². The number of rotatable bonds is 3. The van der Waals surface area contributed by atoms with Gasteiger partial charge in [0, 0.05) is 18.3 Å². The smallest absolute Gasteiger partial charge is 0.118 e. The summed E-state index contributed by atoms with van der Waals surface area (Å²) < 4.78 is 6.95. The molecule has 1 aromatic heterocycles. The van der Waals surface area contributed by atoms with Crippen molar-refractivity contribution >= 4 is 11.6 Å². The number of allylic oxidation sites excluding steroid dienone is 1. The molecule has 0 fully saturated rings. The minimum Gasteiger partial charge on any atom is -0.497 e. The number of hydrogen-bond donors (Lipinski definition) is 0. The number of aryl methyl sites for hydroxylation is 2. The molecule has 0 radical (unpaired) electrons. The summed E-state index contributed by atoms with van der Waals surface area (Å²) in [7, 11) is 3.53. The van der Waals surface area contributed by atoms with Gasteiger partial charge in [0.15, 0.2) is 0 Å². The molecule has 0 aliphatic carbocycles. The van der Waals surface area contributed by atoms with Gasteiger partial charge in [0.2, 0.25) is 0 Å². The summed E-state index contributed by atoms with van der Waals surface area (Å²) in [5.74, 6) is 0.778. The largest absolute Gasteiger partial charge is 0.497 e. The zero-order chi connectivity index (χ0) is 14.7. The lowest BCUT2D eigenvalue weighted by Gasteiger charge is -2.03. The summed E-state index contributed by atoms with van der Waals surface area (Å²) >= 11 is 0. The normalized spacial score (nSPS) is 11.2. The van der Waals surface area contributed by atoms with Gasteiger partial charge < -0.3 is 4.74 Å². The molecule has 0 aliphatic rings. The Labute approximate surface area is 118 Å². The molecule has 20 heavy (non-hydrogen) atoms. The molecule has 2 aromatic rings. The SMILES string of the molecule is COc1ccc(/C(C#N)=C\c2c(C)nn(C)c2C)cc1. The van der Waals surface area contributed by atoms with Crippen LogP contribution in [0.15, 0.2) is 24.3 Å². The van der Waals surface area contributed by atoms with E-state index in [1.807, 2.05) is 55.9 Å². The van der Waals surface area contributed by atoms with Crippen molar-refractivity contribution in [3.8, 4) is 11.8 Å². The maximum atomic E-state index is 9.38. The van der Waals surface area contributed by atoms with E-state index in [1.165, 1.54) is 0 Å². The number of nitrogens with zero attached hydrogens (tertiary/aromatic N) is 3. The molecule has 4 nitrogen and oxygen atoms in total. The van der Waals surface area contributed by atoms with Crippen LogP contribution in [-0.2, 0) is 7.05 Å². The Hall–Kier alpha value is -2.54. The molecule has 1 aromatic carbocycles. The highest BCUT2D eigenvalue weighted by Crippen LogP contribution is 2.23. The average molecular weight is 267 g/mol. The van der Waals surface area contributed by atoms with Crippen molar-refractivity contribution in [2.24, 2.45) is 7.05 Å². The standard InChI is InChI=1S/C16H17N3O/c1-11-16(12(2)19(3)18-11)9-14(10-17)13-5-7-15(20-4)8-6-13/h5-9H,1-4H3/b14-9-. The van der Waals surface area contributed by atoms with Crippen molar-refractivity contribution in [2.45, 2.75) is 13.8 Å². The van der Waals surface area contributed by atoms with Gasteiger partial charge in [0.25, 0.3) is 0 Å². The summed E-state index contributed by atoms with van der Waals surface area (Å²) in [5.41, 5.74) is 4.46. The maximum absolute atomic E-state index is 9.38. The van der Waals surface area contributed by atoms with E-state index in [-0.39, 0.29) is 0 Å². The van der Waals surface area contributed by atoms with Crippen molar-refractivity contribution < 1.29 is 4.74 Å². The minimum atomic E-state index is 0.617. The second-order valence-electron chi connectivity index (χ2n) is 4.61. The molecule has 0 bridgehead atoms. The number of ether oxygens (including phenoxy) is 1. The fraction of sp³-hybridized carbons (Fsp3) is 0.250. The molecular formula is C16H17N3O. The first kappa shape index (κ1) is 13.9. The predicted octanol–water partition coefficient (Wildman–Crippen LogP) is 3.11. The Morgan fingerprint density at radius 1 is 1.30 bits per heavy atom. The van der Waals surface area contributed by atoms with Crippen LogP contribution in [0.5, 0.6) is 5.75 Å². The van der Waals surface area contributed by atoms with E-state index >= 15 is 0 Å². The summed E-state index contributed by atoms with van der Waals surface area (Å²) in [4.78, 5) is 0. The molecule has 0 saturated heterocycles. The first-order valence-corrected chi connectivity index (χ1v) is 6.33. The monoisotopic (exact) mass is 267 g/mol. The van der Waals surface area contributed by atoms with Crippen LogP contribution < -0.4 is 4.74 Å². The summed E-state index contributed by atoms with van der Waals surface area (Å²) in [6.45, 7) is 3.94. The van der Waals surface area contributed by atoms with E-state index in [0.29, 0.717) is 5.57 Å². The lowest BCUT2D eigenvalue weighted by atomic mass is 10.0. The van der Waals surface area contributed by atoms with E-state index in [9.17, 15) is 5.26 Å². The topological polar surface area (TPSA) is 50.8 Å². The molecular weight excluding hydrogens is 250 g/mol. The molecule has 4 heteroatoms. The van der Waals surface area contributed by atoms with Gasteiger partial charge in [-0.2, -0.15) is 10.4 Å². The highest BCUT2D eigenvalue weighted by atomic mass is 16.5. The van der Waals surface area contributed by atoms with Crippen LogP contribution in [0.2, 0.25) is 0 Å². The van der Waals surface area contributed by atoms with Gasteiger partial charge >= 0.3 is 0 Å². The fourth-order valence-electron chi connectivity index (χ4n) is 2.09. The van der Waals surface area contributed by atoms with E-state index in [4.69, 9.17) is 4.74 Å². The number of nitriles is 1. The molecule has 0 amide bonds. The van der Waals surface area contributed by atoms with Gasteiger partial charge in [-0.15, -0.1) is 0 Å². The van der Waals surface area contributed by atoms with E-state index in [2.05, 4.69) is 11.2 Å². The molecule has 0 N–H and O–H groups in total. The quantitative estimate of drug-likeness (QED) is 0.803. The number of methoxy groups -OCH3 is 1. The zero-order valence-electron chi connectivity index (χ0n) is 12.1. The third-order valence-electron chi connectivity index (χ3n) is 3.38. The molecule has 1 heterocycles. The highest BCUT2D eigenvalue weighted by Gasteiger charge is 2.09. The lowest BCUT2D eigenvalue weighted by Crippen LogP contribution is -1.92. The third-order valence-corrected chi connectivity index (χ3v) is 3.38. The maximum Gasteiger partial charge on any atom is 0.118 e. The van der Waals surface area contributed by atoms with Crippen LogP contribution in [0, 0.1) is 25.2 Å². The molecule has 0 unspecified atom stereocenters. The van der Waals surface area contributed by atoms with Gasteiger partial charge in [-0.3, -0.25) is 4.68 Å². The van der Waals surface area contributed by atoms with Crippen LogP contribution in [0.3, 0.4) is 0 Å². The van der Waals surface area contributed by atoms with Crippen LogP contribution in [0.25, 0.3) is 11.6 Å². The highest BCUT2D eigenvalue weighted by molar-refractivity contribution is 5.90. The van der Waals surface area contributed by atoms with Crippen molar-refractivity contribution in [1.29, 1.82) is 5.26 Å². The summed E-state index contributed by atoms with van der Waals surface area (Å²) in [6.07, 6.45) is 1.89. The van der Waals surface area contributed by atoms with Gasteiger partial charge in [0.05, 0.1) is 24.4 Å². The molecule has 0 spiro atoms. The van der Waals surface area contributed by atoms with Gasteiger partial charge in [-0.25, -0.2) is 0 Å². The Morgan fingerprint density at radius 2 is 1.95 bits per heavy atom. The third kappa shape index (κ3) is 2.57. The van der Waals surface area contributed by atoms with Gasteiger partial charge in [-0.05, 0) is 49.8 Å².